The molecule has 1 aliphatic rings. The average molecular weight is 449 g/mol. The van der Waals surface area contributed by atoms with Crippen LogP contribution in [-0.2, 0) is 13.2 Å². The number of pyridine rings is 1. The molecule has 0 atom stereocenters. The number of ether oxygens (including phenoxy) is 1. The Kier molecular flexibility index (Phi) is 7.35. The summed E-state index contributed by atoms with van der Waals surface area (Å²) in [4.78, 5) is 17.6. The molecule has 0 bridgehead atoms. The van der Waals surface area contributed by atoms with E-state index in [0.717, 1.165) is 31.2 Å². The molecule has 0 spiro atoms. The smallest absolute Gasteiger partial charge is 0.255 e. The van der Waals surface area contributed by atoms with Crippen LogP contribution >= 0.6 is 0 Å². The van der Waals surface area contributed by atoms with Gasteiger partial charge < -0.3 is 15.2 Å². The summed E-state index contributed by atoms with van der Waals surface area (Å²) >= 11 is 0. The van der Waals surface area contributed by atoms with Gasteiger partial charge in [-0.15, -0.1) is 0 Å². The van der Waals surface area contributed by atoms with Crippen molar-refractivity contribution in [2.24, 2.45) is 0 Å². The molecule has 3 aromatic rings. The lowest BCUT2D eigenvalue weighted by Crippen LogP contribution is -2.26. The maximum atomic E-state index is 13.9. The monoisotopic (exact) mass is 448 g/mol. The number of rotatable bonds is 7. The van der Waals surface area contributed by atoms with Crippen LogP contribution in [0, 0.1) is 12.7 Å². The third-order valence-electron chi connectivity index (χ3n) is 6.09. The quantitative estimate of drug-likeness (QED) is 0.513. The normalized spacial score (nSPS) is 14.2. The molecular weight excluding hydrogens is 419 g/mol. The van der Waals surface area contributed by atoms with Gasteiger partial charge in [-0.3, -0.25) is 9.78 Å². The first-order valence-corrected chi connectivity index (χ1v) is 11.4. The summed E-state index contributed by atoms with van der Waals surface area (Å²) in [5.41, 5.74) is 3.68. The fourth-order valence-electron chi connectivity index (χ4n) is 4.17. The largest absolute Gasteiger partial charge is 0.490 e. The van der Waals surface area contributed by atoms with Crippen molar-refractivity contribution in [3.8, 4) is 17.0 Å². The van der Waals surface area contributed by atoms with Crippen molar-refractivity contribution in [1.82, 2.24) is 10.3 Å². The van der Waals surface area contributed by atoms with Crippen LogP contribution < -0.4 is 10.1 Å². The van der Waals surface area contributed by atoms with E-state index in [1.54, 1.807) is 49.5 Å². The molecule has 1 heterocycles. The molecule has 5 nitrogen and oxygen atoms in total. The van der Waals surface area contributed by atoms with Gasteiger partial charge in [0, 0.05) is 23.9 Å². The first-order valence-electron chi connectivity index (χ1n) is 11.4. The number of benzene rings is 2. The molecule has 1 saturated carbocycles. The van der Waals surface area contributed by atoms with Gasteiger partial charge in [-0.2, -0.15) is 0 Å². The average Bonchev–Trinajstić information content (AvgIpc) is 2.85. The number of aliphatic hydroxyl groups excluding tert-OH is 1. The molecule has 0 saturated heterocycles. The third kappa shape index (κ3) is 5.57. The molecule has 2 N–H and O–H groups in total. The van der Waals surface area contributed by atoms with E-state index in [4.69, 9.17) is 4.74 Å². The van der Waals surface area contributed by atoms with E-state index >= 15 is 0 Å². The van der Waals surface area contributed by atoms with E-state index in [-0.39, 0.29) is 31.0 Å². The summed E-state index contributed by atoms with van der Waals surface area (Å²) < 4.78 is 20.2. The number of amides is 1. The van der Waals surface area contributed by atoms with Crippen LogP contribution in [0.15, 0.2) is 54.7 Å². The van der Waals surface area contributed by atoms with E-state index in [9.17, 15) is 14.3 Å². The van der Waals surface area contributed by atoms with Crippen molar-refractivity contribution >= 4 is 5.91 Å². The Morgan fingerprint density at radius 2 is 1.97 bits per heavy atom. The highest BCUT2D eigenvalue weighted by atomic mass is 19.1. The lowest BCUT2D eigenvalue weighted by Gasteiger charge is -2.24. The van der Waals surface area contributed by atoms with Gasteiger partial charge in [-0.1, -0.05) is 24.6 Å². The van der Waals surface area contributed by atoms with Gasteiger partial charge in [0.1, 0.15) is 11.6 Å². The first kappa shape index (κ1) is 22.9. The van der Waals surface area contributed by atoms with E-state index in [1.807, 2.05) is 6.07 Å². The zero-order valence-corrected chi connectivity index (χ0v) is 18.8. The van der Waals surface area contributed by atoms with Crippen LogP contribution in [-0.4, -0.2) is 22.1 Å². The van der Waals surface area contributed by atoms with Gasteiger partial charge in [0.15, 0.2) is 0 Å². The van der Waals surface area contributed by atoms with Crippen molar-refractivity contribution in [3.05, 3.63) is 82.8 Å². The van der Waals surface area contributed by atoms with E-state index < -0.39 is 0 Å². The Bertz CT molecular complexity index is 1130. The van der Waals surface area contributed by atoms with Crippen LogP contribution in [0.25, 0.3) is 11.3 Å². The Hall–Kier alpha value is -3.25. The molecule has 2 aromatic carbocycles. The Balaban J connectivity index is 1.62. The molecule has 1 aliphatic carbocycles. The van der Waals surface area contributed by atoms with E-state index in [2.05, 4.69) is 10.3 Å². The number of hydrogen-bond acceptors (Lipinski definition) is 4. The van der Waals surface area contributed by atoms with Gasteiger partial charge in [-0.05, 0) is 74.1 Å². The maximum Gasteiger partial charge on any atom is 0.255 e. The predicted octanol–water partition coefficient (Wildman–Crippen LogP) is 5.33. The van der Waals surface area contributed by atoms with Crippen molar-refractivity contribution in [3.63, 3.8) is 0 Å². The summed E-state index contributed by atoms with van der Waals surface area (Å²) in [5, 5.41) is 12.6. The zero-order chi connectivity index (χ0) is 23.2. The highest BCUT2D eigenvalue weighted by molar-refractivity contribution is 5.98. The molecule has 6 heteroatoms. The van der Waals surface area contributed by atoms with Gasteiger partial charge in [0.2, 0.25) is 0 Å². The molecule has 4 rings (SSSR count). The minimum atomic E-state index is -0.301. The summed E-state index contributed by atoms with van der Waals surface area (Å²) in [6.07, 6.45) is 7.15. The van der Waals surface area contributed by atoms with E-state index in [0.29, 0.717) is 33.7 Å². The van der Waals surface area contributed by atoms with Crippen LogP contribution in [0.5, 0.6) is 5.75 Å². The highest BCUT2D eigenvalue weighted by Gasteiger charge is 2.21. The summed E-state index contributed by atoms with van der Waals surface area (Å²) in [7, 11) is 0. The number of hydrogen-bond donors (Lipinski definition) is 2. The minimum absolute atomic E-state index is 0.0881. The zero-order valence-electron chi connectivity index (χ0n) is 18.8. The SMILES string of the molecule is Cc1ccc(CNC(=O)c2cc(-c3ncccc3CO)ccc2OC2CCCCC2)cc1F. The Morgan fingerprint density at radius 1 is 1.15 bits per heavy atom. The van der Waals surface area contributed by atoms with Gasteiger partial charge in [-0.25, -0.2) is 4.39 Å². The molecule has 1 amide bonds. The number of carbonyl (C=O) groups excluding carboxylic acids is 1. The molecule has 33 heavy (non-hydrogen) atoms. The molecule has 172 valence electrons. The maximum absolute atomic E-state index is 13.9. The molecule has 0 aliphatic heterocycles. The number of aliphatic hydroxyl groups is 1. The number of nitrogens with zero attached hydrogens (tertiary/aromatic N) is 1. The van der Waals surface area contributed by atoms with Crippen molar-refractivity contribution < 1.29 is 19.0 Å². The highest BCUT2D eigenvalue weighted by Crippen LogP contribution is 2.31. The molecule has 1 aromatic heterocycles. The van der Waals surface area contributed by atoms with E-state index in [1.165, 1.54) is 12.5 Å². The fraction of sp³-hybridized carbons (Fsp3) is 0.333. The topological polar surface area (TPSA) is 71.5 Å². The summed E-state index contributed by atoms with van der Waals surface area (Å²) in [6.45, 7) is 1.76. The molecule has 0 unspecified atom stereocenters. The molecule has 0 radical (unpaired) electrons. The number of carbonyl (C=O) groups is 1. The number of aromatic nitrogens is 1. The van der Waals surface area contributed by atoms with Gasteiger partial charge >= 0.3 is 0 Å². The van der Waals surface area contributed by atoms with Crippen molar-refractivity contribution in [2.45, 2.75) is 58.3 Å². The molecule has 1 fully saturated rings. The number of nitrogens with one attached hydrogen (secondary N) is 1. The van der Waals surface area contributed by atoms with Gasteiger partial charge in [0.05, 0.1) is 24.0 Å². The second-order valence-electron chi connectivity index (χ2n) is 8.52. The van der Waals surface area contributed by atoms with Crippen LogP contribution in [0.4, 0.5) is 4.39 Å². The van der Waals surface area contributed by atoms with Crippen molar-refractivity contribution in [2.75, 3.05) is 0 Å². The first-order chi connectivity index (χ1) is 16.0. The lowest BCUT2D eigenvalue weighted by molar-refractivity contribution is 0.0939. The second kappa shape index (κ2) is 10.6. The fourth-order valence-corrected chi connectivity index (χ4v) is 4.17. The third-order valence-corrected chi connectivity index (χ3v) is 6.09. The van der Waals surface area contributed by atoms with Crippen LogP contribution in [0.1, 0.15) is 59.2 Å². The molecular formula is C27H29FN2O3. The van der Waals surface area contributed by atoms with Crippen LogP contribution in [0.2, 0.25) is 0 Å². The van der Waals surface area contributed by atoms with Gasteiger partial charge in [0.25, 0.3) is 5.91 Å². The second-order valence-corrected chi connectivity index (χ2v) is 8.52. The summed E-state index contributed by atoms with van der Waals surface area (Å²) in [6, 6.07) is 13.9. The number of aryl methyl sites for hydroxylation is 1. The lowest BCUT2D eigenvalue weighted by atomic mass is 9.97. The Morgan fingerprint density at radius 3 is 2.73 bits per heavy atom. The minimum Gasteiger partial charge on any atom is -0.490 e. The predicted molar refractivity (Wildman–Crippen MR) is 125 cm³/mol. The number of halogens is 1. The van der Waals surface area contributed by atoms with Crippen LogP contribution in [0.3, 0.4) is 0 Å². The Labute approximate surface area is 193 Å². The van der Waals surface area contributed by atoms with Crippen molar-refractivity contribution in [1.29, 1.82) is 0 Å². The summed E-state index contributed by atoms with van der Waals surface area (Å²) in [5.74, 6) is -0.0680. The standard InChI is InChI=1S/C27H29FN2O3/c1-18-9-10-19(14-24(18)28)16-30-27(32)23-15-20(26-21(17-31)6-5-13-29-26)11-12-25(23)33-22-7-3-2-4-8-22/h5-6,9-15,22,31H,2-4,7-8,16-17H2,1H3,(H,30,32).